The maximum absolute atomic E-state index is 12.5. The summed E-state index contributed by atoms with van der Waals surface area (Å²) in [5, 5.41) is 11.6. The number of carbonyl (C=O) groups excluding carboxylic acids is 1. The van der Waals surface area contributed by atoms with E-state index in [0.717, 1.165) is 30.1 Å². The van der Waals surface area contributed by atoms with Gasteiger partial charge >= 0.3 is 0 Å². The van der Waals surface area contributed by atoms with Gasteiger partial charge in [-0.2, -0.15) is 0 Å². The minimum absolute atomic E-state index is 0.159. The maximum Gasteiger partial charge on any atom is 0.223 e. The van der Waals surface area contributed by atoms with E-state index in [1.54, 1.807) is 0 Å². The fourth-order valence-corrected chi connectivity index (χ4v) is 3.38. The maximum atomic E-state index is 12.5. The second-order valence-corrected chi connectivity index (χ2v) is 6.62. The van der Waals surface area contributed by atoms with E-state index in [4.69, 9.17) is 0 Å². The fourth-order valence-electron chi connectivity index (χ4n) is 3.38. The molecule has 0 bridgehead atoms. The summed E-state index contributed by atoms with van der Waals surface area (Å²) in [6.07, 6.45) is 8.19. The van der Waals surface area contributed by atoms with Crippen LogP contribution in [0.4, 0.5) is 0 Å². The average Bonchev–Trinajstić information content (AvgIpc) is 2.94. The average molecular weight is 326 g/mol. The van der Waals surface area contributed by atoms with Crippen molar-refractivity contribution < 1.29 is 4.79 Å². The first-order valence-corrected chi connectivity index (χ1v) is 8.97. The van der Waals surface area contributed by atoms with Gasteiger partial charge < -0.3 is 9.88 Å². The van der Waals surface area contributed by atoms with Crippen molar-refractivity contribution in [2.75, 3.05) is 0 Å². The summed E-state index contributed by atoms with van der Waals surface area (Å²) in [5.74, 6) is 1.94. The van der Waals surface area contributed by atoms with E-state index in [1.807, 2.05) is 41.9 Å². The van der Waals surface area contributed by atoms with Gasteiger partial charge in [0, 0.05) is 18.5 Å². The van der Waals surface area contributed by atoms with Crippen LogP contribution < -0.4 is 5.32 Å². The molecule has 0 aliphatic heterocycles. The van der Waals surface area contributed by atoms with E-state index in [-0.39, 0.29) is 11.8 Å². The summed E-state index contributed by atoms with van der Waals surface area (Å²) in [6.45, 7) is 0.436. The van der Waals surface area contributed by atoms with Gasteiger partial charge in [0.15, 0.2) is 11.6 Å². The van der Waals surface area contributed by atoms with Gasteiger partial charge in [-0.15, -0.1) is 10.2 Å². The zero-order chi connectivity index (χ0) is 16.8. The molecule has 24 heavy (non-hydrogen) atoms. The molecule has 0 atom stereocenters. The molecular weight excluding hydrogens is 300 g/mol. The Morgan fingerprint density at radius 3 is 2.46 bits per heavy atom. The highest BCUT2D eigenvalue weighted by Gasteiger charge is 2.20. The SMILES string of the molecule is Cn1c(CNC(=O)C2CCCCCCC2)nnc1-c1ccccc1. The Kier molecular flexibility index (Phi) is 5.62. The van der Waals surface area contributed by atoms with Crippen LogP contribution in [0.25, 0.3) is 11.4 Å². The molecule has 0 spiro atoms. The number of hydrogen-bond donors (Lipinski definition) is 1. The van der Waals surface area contributed by atoms with Crippen molar-refractivity contribution in [1.82, 2.24) is 20.1 Å². The Balaban J connectivity index is 1.60. The Morgan fingerprint density at radius 2 is 1.75 bits per heavy atom. The lowest BCUT2D eigenvalue weighted by Gasteiger charge is -2.18. The molecule has 1 aliphatic carbocycles. The highest BCUT2D eigenvalue weighted by molar-refractivity contribution is 5.78. The van der Waals surface area contributed by atoms with Crippen molar-refractivity contribution in [3.63, 3.8) is 0 Å². The minimum Gasteiger partial charge on any atom is -0.349 e. The third-order valence-electron chi connectivity index (χ3n) is 4.89. The van der Waals surface area contributed by atoms with Crippen molar-refractivity contribution >= 4 is 5.91 Å². The van der Waals surface area contributed by atoms with Gasteiger partial charge in [0.2, 0.25) is 5.91 Å². The molecule has 3 rings (SSSR count). The Labute approximate surface area is 143 Å². The Hall–Kier alpha value is -2.17. The van der Waals surface area contributed by atoms with E-state index in [1.165, 1.54) is 32.1 Å². The van der Waals surface area contributed by atoms with Gasteiger partial charge in [-0.25, -0.2) is 0 Å². The summed E-state index contributed by atoms with van der Waals surface area (Å²) >= 11 is 0. The number of benzene rings is 1. The Bertz CT molecular complexity index is 657. The molecule has 128 valence electrons. The summed E-state index contributed by atoms with van der Waals surface area (Å²) in [5.41, 5.74) is 1.03. The lowest BCUT2D eigenvalue weighted by Crippen LogP contribution is -2.31. The van der Waals surface area contributed by atoms with Crippen LogP contribution in [0.3, 0.4) is 0 Å². The second kappa shape index (κ2) is 8.08. The number of rotatable bonds is 4. The first kappa shape index (κ1) is 16.7. The van der Waals surface area contributed by atoms with E-state index >= 15 is 0 Å². The molecule has 1 amide bonds. The van der Waals surface area contributed by atoms with Crippen LogP contribution in [0.1, 0.15) is 50.8 Å². The van der Waals surface area contributed by atoms with E-state index in [9.17, 15) is 4.79 Å². The number of nitrogens with zero attached hydrogens (tertiary/aromatic N) is 3. The number of aromatic nitrogens is 3. The molecule has 0 saturated heterocycles. The van der Waals surface area contributed by atoms with Gasteiger partial charge in [0.05, 0.1) is 6.54 Å². The molecule has 1 aliphatic rings. The van der Waals surface area contributed by atoms with Crippen LogP contribution in [0, 0.1) is 5.92 Å². The molecule has 1 aromatic heterocycles. The van der Waals surface area contributed by atoms with Crippen LogP contribution in [-0.2, 0) is 18.4 Å². The molecule has 1 heterocycles. The standard InChI is InChI=1S/C19H26N4O/c1-23-17(21-22-18(23)15-10-8-5-9-11-15)14-20-19(24)16-12-6-3-2-4-7-13-16/h5,8-11,16H,2-4,6-7,12-14H2,1H3,(H,20,24). The predicted octanol–water partition coefficient (Wildman–Crippen LogP) is 3.46. The number of amides is 1. The zero-order valence-electron chi connectivity index (χ0n) is 14.4. The van der Waals surface area contributed by atoms with Crippen molar-refractivity contribution in [3.05, 3.63) is 36.2 Å². The summed E-state index contributed by atoms with van der Waals surface area (Å²) in [4.78, 5) is 12.5. The van der Waals surface area contributed by atoms with Crippen LogP contribution in [0.5, 0.6) is 0 Å². The third kappa shape index (κ3) is 4.02. The molecule has 1 saturated carbocycles. The molecule has 2 aromatic rings. The number of carbonyl (C=O) groups is 1. The monoisotopic (exact) mass is 326 g/mol. The largest absolute Gasteiger partial charge is 0.349 e. The van der Waals surface area contributed by atoms with Crippen LogP contribution in [-0.4, -0.2) is 20.7 Å². The first-order chi connectivity index (χ1) is 11.8. The van der Waals surface area contributed by atoms with E-state index < -0.39 is 0 Å². The quantitative estimate of drug-likeness (QED) is 0.936. The predicted molar refractivity (Wildman–Crippen MR) is 94.1 cm³/mol. The molecule has 0 unspecified atom stereocenters. The molecule has 5 heteroatoms. The van der Waals surface area contributed by atoms with Crippen molar-refractivity contribution in [1.29, 1.82) is 0 Å². The van der Waals surface area contributed by atoms with Crippen molar-refractivity contribution in [3.8, 4) is 11.4 Å². The highest BCUT2D eigenvalue weighted by atomic mass is 16.1. The van der Waals surface area contributed by atoms with Gasteiger partial charge in [-0.05, 0) is 12.8 Å². The van der Waals surface area contributed by atoms with E-state index in [2.05, 4.69) is 15.5 Å². The topological polar surface area (TPSA) is 59.8 Å². The summed E-state index contributed by atoms with van der Waals surface area (Å²) in [6, 6.07) is 9.98. The lowest BCUT2D eigenvalue weighted by atomic mass is 9.90. The molecule has 1 N–H and O–H groups in total. The van der Waals surface area contributed by atoms with Gasteiger partial charge in [-0.3, -0.25) is 4.79 Å². The first-order valence-electron chi connectivity index (χ1n) is 8.97. The van der Waals surface area contributed by atoms with Gasteiger partial charge in [-0.1, -0.05) is 62.4 Å². The number of hydrogen-bond acceptors (Lipinski definition) is 3. The fraction of sp³-hybridized carbons (Fsp3) is 0.526. The van der Waals surface area contributed by atoms with Crippen molar-refractivity contribution in [2.45, 2.75) is 51.5 Å². The van der Waals surface area contributed by atoms with Gasteiger partial charge in [0.1, 0.15) is 0 Å². The second-order valence-electron chi connectivity index (χ2n) is 6.62. The lowest BCUT2D eigenvalue weighted by molar-refractivity contribution is -0.125. The van der Waals surface area contributed by atoms with Crippen LogP contribution >= 0.6 is 0 Å². The van der Waals surface area contributed by atoms with Crippen LogP contribution in [0.2, 0.25) is 0 Å². The smallest absolute Gasteiger partial charge is 0.223 e. The van der Waals surface area contributed by atoms with Crippen LogP contribution in [0.15, 0.2) is 30.3 Å². The summed E-state index contributed by atoms with van der Waals surface area (Å²) in [7, 11) is 1.94. The third-order valence-corrected chi connectivity index (χ3v) is 4.89. The van der Waals surface area contributed by atoms with E-state index in [0.29, 0.717) is 6.54 Å². The molecule has 0 radical (unpaired) electrons. The molecule has 1 aromatic carbocycles. The molecule has 5 nitrogen and oxygen atoms in total. The van der Waals surface area contributed by atoms with Crippen molar-refractivity contribution in [2.24, 2.45) is 13.0 Å². The minimum atomic E-state index is 0.159. The normalized spacial score (nSPS) is 16.4. The Morgan fingerprint density at radius 1 is 1.08 bits per heavy atom. The number of nitrogens with one attached hydrogen (secondary N) is 1. The molecule has 1 fully saturated rings. The molecular formula is C19H26N4O. The summed E-state index contributed by atoms with van der Waals surface area (Å²) < 4.78 is 1.95. The van der Waals surface area contributed by atoms with Gasteiger partial charge in [0.25, 0.3) is 0 Å². The zero-order valence-corrected chi connectivity index (χ0v) is 14.4. The highest BCUT2D eigenvalue weighted by Crippen LogP contribution is 2.22.